The van der Waals surface area contributed by atoms with Gasteiger partial charge in [0.1, 0.15) is 5.82 Å². The summed E-state index contributed by atoms with van der Waals surface area (Å²) in [6, 6.07) is 4.78. The van der Waals surface area contributed by atoms with Crippen molar-refractivity contribution in [3.8, 4) is 0 Å². The summed E-state index contributed by atoms with van der Waals surface area (Å²) in [4.78, 5) is 11.8. The fraction of sp³-hybridized carbons (Fsp3) is 0.417. The molecule has 0 saturated carbocycles. The third kappa shape index (κ3) is 5.30. The smallest absolute Gasteiger partial charge is 0.225 e. The summed E-state index contributed by atoms with van der Waals surface area (Å²) in [5.41, 5.74) is 0.490. The first-order valence-corrected chi connectivity index (χ1v) is 7.66. The van der Waals surface area contributed by atoms with Crippen LogP contribution in [0.2, 0.25) is 0 Å². The number of hydrogen-bond acceptors (Lipinski definition) is 3. The number of rotatable bonds is 3. The molecule has 1 atom stereocenters. The van der Waals surface area contributed by atoms with Crippen molar-refractivity contribution in [2.75, 3.05) is 23.4 Å². The van der Waals surface area contributed by atoms with Gasteiger partial charge >= 0.3 is 0 Å². The lowest BCUT2D eigenvalue weighted by atomic mass is 10.2. The van der Waals surface area contributed by atoms with Gasteiger partial charge in [-0.15, -0.1) is 12.4 Å². The van der Waals surface area contributed by atoms with Crippen LogP contribution in [-0.2, 0) is 4.79 Å². The number of anilines is 1. The van der Waals surface area contributed by atoms with Crippen LogP contribution in [0.25, 0.3) is 0 Å². The Labute approximate surface area is 130 Å². The molecule has 0 radical (unpaired) electrons. The van der Waals surface area contributed by atoms with Crippen molar-refractivity contribution in [1.29, 1.82) is 0 Å². The van der Waals surface area contributed by atoms with Gasteiger partial charge in [-0.1, -0.05) is 0 Å². The molecular formula is C12H15BrClFN2OS. The highest BCUT2D eigenvalue weighted by Crippen LogP contribution is 2.19. The number of amides is 1. The lowest BCUT2D eigenvalue weighted by Gasteiger charge is -2.22. The fourth-order valence-electron chi connectivity index (χ4n) is 1.76. The minimum Gasteiger partial charge on any atom is -0.326 e. The zero-order valence-electron chi connectivity index (χ0n) is 10.1. The van der Waals surface area contributed by atoms with E-state index in [2.05, 4.69) is 26.6 Å². The fourth-order valence-corrected chi connectivity index (χ4v) is 2.96. The molecule has 1 aliphatic rings. The van der Waals surface area contributed by atoms with Crippen LogP contribution in [0.5, 0.6) is 0 Å². The van der Waals surface area contributed by atoms with Gasteiger partial charge in [0, 0.05) is 36.2 Å². The van der Waals surface area contributed by atoms with E-state index in [-0.39, 0.29) is 30.2 Å². The van der Waals surface area contributed by atoms with E-state index in [4.69, 9.17) is 0 Å². The lowest BCUT2D eigenvalue weighted by molar-refractivity contribution is -0.116. The number of carbonyl (C=O) groups excluding carboxylic acids is 1. The van der Waals surface area contributed by atoms with Crippen LogP contribution in [0.15, 0.2) is 22.7 Å². The molecule has 1 aromatic carbocycles. The van der Waals surface area contributed by atoms with Crippen LogP contribution >= 0.6 is 40.1 Å². The van der Waals surface area contributed by atoms with Crippen LogP contribution in [-0.4, -0.2) is 30.0 Å². The maximum atomic E-state index is 13.3. The average molecular weight is 370 g/mol. The maximum Gasteiger partial charge on any atom is 0.225 e. The van der Waals surface area contributed by atoms with E-state index in [1.54, 1.807) is 12.1 Å². The van der Waals surface area contributed by atoms with E-state index in [1.807, 2.05) is 11.8 Å². The van der Waals surface area contributed by atoms with Gasteiger partial charge in [0.2, 0.25) is 5.91 Å². The highest BCUT2D eigenvalue weighted by atomic mass is 79.9. The van der Waals surface area contributed by atoms with E-state index < -0.39 is 0 Å². The standard InChI is InChI=1S/C12H14BrFN2OS.ClH/c13-10-2-1-8(5-11(10)14)16-12(17)6-9-7-18-4-3-15-9;/h1-2,5,9,15H,3-4,6-7H2,(H,16,17);1H. The summed E-state index contributed by atoms with van der Waals surface area (Å²) < 4.78 is 13.7. The molecule has 1 aromatic rings. The zero-order valence-corrected chi connectivity index (χ0v) is 13.3. The van der Waals surface area contributed by atoms with Gasteiger partial charge < -0.3 is 10.6 Å². The van der Waals surface area contributed by atoms with E-state index in [0.717, 1.165) is 18.1 Å². The second kappa shape index (κ2) is 8.09. The van der Waals surface area contributed by atoms with Crippen molar-refractivity contribution < 1.29 is 9.18 Å². The second-order valence-electron chi connectivity index (χ2n) is 4.11. The zero-order chi connectivity index (χ0) is 13.0. The highest BCUT2D eigenvalue weighted by molar-refractivity contribution is 9.10. The van der Waals surface area contributed by atoms with Gasteiger partial charge in [-0.3, -0.25) is 4.79 Å². The molecule has 1 saturated heterocycles. The van der Waals surface area contributed by atoms with Crippen molar-refractivity contribution in [2.24, 2.45) is 0 Å². The summed E-state index contributed by atoms with van der Waals surface area (Å²) >= 11 is 4.92. The molecule has 19 heavy (non-hydrogen) atoms. The monoisotopic (exact) mass is 368 g/mol. The molecule has 0 bridgehead atoms. The molecule has 2 rings (SSSR count). The summed E-state index contributed by atoms with van der Waals surface area (Å²) in [7, 11) is 0. The Bertz CT molecular complexity index is 444. The van der Waals surface area contributed by atoms with Crippen molar-refractivity contribution in [2.45, 2.75) is 12.5 Å². The van der Waals surface area contributed by atoms with E-state index in [0.29, 0.717) is 16.6 Å². The van der Waals surface area contributed by atoms with Crippen molar-refractivity contribution >= 4 is 51.7 Å². The van der Waals surface area contributed by atoms with Crippen LogP contribution in [0.1, 0.15) is 6.42 Å². The van der Waals surface area contributed by atoms with Gasteiger partial charge in [0.15, 0.2) is 0 Å². The number of carbonyl (C=O) groups is 1. The molecule has 1 unspecified atom stereocenters. The molecule has 1 amide bonds. The lowest BCUT2D eigenvalue weighted by Crippen LogP contribution is -2.39. The molecule has 0 aromatic heterocycles. The Morgan fingerprint density at radius 1 is 1.58 bits per heavy atom. The molecular weight excluding hydrogens is 355 g/mol. The van der Waals surface area contributed by atoms with E-state index >= 15 is 0 Å². The topological polar surface area (TPSA) is 41.1 Å². The van der Waals surface area contributed by atoms with Crippen molar-refractivity contribution in [1.82, 2.24) is 5.32 Å². The molecule has 3 nitrogen and oxygen atoms in total. The Morgan fingerprint density at radius 3 is 3.00 bits per heavy atom. The first-order valence-electron chi connectivity index (χ1n) is 5.71. The highest BCUT2D eigenvalue weighted by Gasteiger charge is 2.16. The SMILES string of the molecule is Cl.O=C(CC1CSCCN1)Nc1ccc(Br)c(F)c1. The number of nitrogens with one attached hydrogen (secondary N) is 2. The van der Waals surface area contributed by atoms with E-state index in [9.17, 15) is 9.18 Å². The number of thioether (sulfide) groups is 1. The normalized spacial score (nSPS) is 18.5. The Hall–Kier alpha value is -0.300. The molecule has 106 valence electrons. The Morgan fingerprint density at radius 2 is 2.37 bits per heavy atom. The van der Waals surface area contributed by atoms with Gasteiger partial charge in [-0.05, 0) is 34.1 Å². The maximum absolute atomic E-state index is 13.3. The summed E-state index contributed by atoms with van der Waals surface area (Å²) in [6.07, 6.45) is 0.421. The quantitative estimate of drug-likeness (QED) is 0.860. The van der Waals surface area contributed by atoms with E-state index in [1.165, 1.54) is 6.07 Å². The van der Waals surface area contributed by atoms with Gasteiger partial charge in [-0.2, -0.15) is 11.8 Å². The van der Waals surface area contributed by atoms with Gasteiger partial charge in [0.25, 0.3) is 0 Å². The minimum absolute atomic E-state index is 0. The third-order valence-corrected chi connectivity index (χ3v) is 4.41. The molecule has 1 aliphatic heterocycles. The Balaban J connectivity index is 0.00000180. The summed E-state index contributed by atoms with van der Waals surface area (Å²) in [5, 5.41) is 6.00. The van der Waals surface area contributed by atoms with Crippen molar-refractivity contribution in [3.05, 3.63) is 28.5 Å². The predicted octanol–water partition coefficient (Wildman–Crippen LogP) is 3.04. The number of hydrogen-bond donors (Lipinski definition) is 2. The molecule has 1 heterocycles. The van der Waals surface area contributed by atoms with Crippen LogP contribution in [0, 0.1) is 5.82 Å². The molecule has 0 aliphatic carbocycles. The Kier molecular flexibility index (Phi) is 7.13. The summed E-state index contributed by atoms with van der Waals surface area (Å²) in [5.74, 6) is 1.58. The van der Waals surface area contributed by atoms with Crippen LogP contribution in [0.4, 0.5) is 10.1 Å². The van der Waals surface area contributed by atoms with Crippen LogP contribution < -0.4 is 10.6 Å². The third-order valence-electron chi connectivity index (χ3n) is 2.63. The first kappa shape index (κ1) is 16.8. The summed E-state index contributed by atoms with van der Waals surface area (Å²) in [6.45, 7) is 0.940. The molecule has 2 N–H and O–H groups in total. The van der Waals surface area contributed by atoms with Gasteiger partial charge in [-0.25, -0.2) is 4.39 Å². The number of benzene rings is 1. The average Bonchev–Trinajstić information content (AvgIpc) is 2.35. The largest absolute Gasteiger partial charge is 0.326 e. The second-order valence-corrected chi connectivity index (χ2v) is 6.11. The van der Waals surface area contributed by atoms with Crippen LogP contribution in [0.3, 0.4) is 0 Å². The van der Waals surface area contributed by atoms with Gasteiger partial charge in [0.05, 0.1) is 4.47 Å². The predicted molar refractivity (Wildman–Crippen MR) is 83.7 cm³/mol. The molecule has 0 spiro atoms. The number of halogens is 3. The first-order chi connectivity index (χ1) is 8.65. The van der Waals surface area contributed by atoms with Crippen molar-refractivity contribution in [3.63, 3.8) is 0 Å². The molecule has 7 heteroatoms. The molecule has 1 fully saturated rings. The minimum atomic E-state index is -0.376.